The molecule has 184 valence electrons. The van der Waals surface area contributed by atoms with Gasteiger partial charge in [-0.2, -0.15) is 18.2 Å². The van der Waals surface area contributed by atoms with Gasteiger partial charge in [0.1, 0.15) is 10.7 Å². The number of pyridine rings is 1. The average Bonchev–Trinajstić information content (AvgIpc) is 3.22. The van der Waals surface area contributed by atoms with Crippen molar-refractivity contribution in [3.05, 3.63) is 92.5 Å². The maximum absolute atomic E-state index is 13.3. The van der Waals surface area contributed by atoms with Gasteiger partial charge >= 0.3 is 6.18 Å². The third-order valence-electron chi connectivity index (χ3n) is 5.93. The Morgan fingerprint density at radius 2 is 1.78 bits per heavy atom. The number of rotatable bonds is 4. The lowest BCUT2D eigenvalue weighted by atomic mass is 9.99. The molecule has 4 aromatic rings. The van der Waals surface area contributed by atoms with Crippen molar-refractivity contribution in [2.45, 2.75) is 19.3 Å². The summed E-state index contributed by atoms with van der Waals surface area (Å²) in [6.45, 7) is 1.31. The molecule has 0 amide bonds. The van der Waals surface area contributed by atoms with Crippen molar-refractivity contribution >= 4 is 29.2 Å². The van der Waals surface area contributed by atoms with Crippen molar-refractivity contribution in [1.82, 2.24) is 14.5 Å². The van der Waals surface area contributed by atoms with Gasteiger partial charge in [0.15, 0.2) is 0 Å². The molecule has 0 fully saturated rings. The molecule has 0 spiro atoms. The number of benzene rings is 2. The summed E-state index contributed by atoms with van der Waals surface area (Å²) < 4.78 is 40.5. The SMILES string of the molecule is O=c1c(-c2cccc(-c3ccc(C(F)(F)F)cc3Cl)c2)c(O)nc2n1CCN2Cc1ccc(Cl)nc1. The normalized spacial score (nSPS) is 13.2. The lowest BCUT2D eigenvalue weighted by molar-refractivity contribution is -0.137. The Balaban J connectivity index is 1.50. The summed E-state index contributed by atoms with van der Waals surface area (Å²) in [5.74, 6) is -0.110. The maximum atomic E-state index is 13.3. The van der Waals surface area contributed by atoms with E-state index < -0.39 is 23.2 Å². The van der Waals surface area contributed by atoms with Crippen molar-refractivity contribution in [2.75, 3.05) is 11.4 Å². The van der Waals surface area contributed by atoms with Crippen molar-refractivity contribution in [3.63, 3.8) is 0 Å². The molecule has 2 aromatic heterocycles. The van der Waals surface area contributed by atoms with E-state index in [2.05, 4.69) is 9.97 Å². The predicted octanol–water partition coefficient (Wildman–Crippen LogP) is 6.02. The zero-order valence-corrected chi connectivity index (χ0v) is 19.9. The molecular weight excluding hydrogens is 516 g/mol. The van der Waals surface area contributed by atoms with Crippen LogP contribution in [0.4, 0.5) is 19.1 Å². The minimum atomic E-state index is -4.52. The maximum Gasteiger partial charge on any atom is 0.416 e. The Bertz CT molecular complexity index is 1520. The first-order valence-electron chi connectivity index (χ1n) is 10.8. The quantitative estimate of drug-likeness (QED) is 0.325. The van der Waals surface area contributed by atoms with E-state index in [0.717, 1.165) is 17.7 Å². The van der Waals surface area contributed by atoms with E-state index in [1.807, 2.05) is 11.0 Å². The average molecular weight is 533 g/mol. The van der Waals surface area contributed by atoms with Gasteiger partial charge in [-0.15, -0.1) is 0 Å². The predicted molar refractivity (Wildman–Crippen MR) is 131 cm³/mol. The van der Waals surface area contributed by atoms with E-state index in [9.17, 15) is 23.1 Å². The molecule has 2 aromatic carbocycles. The van der Waals surface area contributed by atoms with Gasteiger partial charge in [-0.05, 0) is 41.0 Å². The summed E-state index contributed by atoms with van der Waals surface area (Å²) in [6, 6.07) is 13.1. The minimum absolute atomic E-state index is 0.00126. The van der Waals surface area contributed by atoms with Crippen LogP contribution in [0, 0.1) is 0 Å². The van der Waals surface area contributed by atoms with Crippen LogP contribution in [0.2, 0.25) is 10.2 Å². The van der Waals surface area contributed by atoms with Gasteiger partial charge in [0.25, 0.3) is 5.56 Å². The summed E-state index contributed by atoms with van der Waals surface area (Å²) >= 11 is 12.0. The first-order valence-corrected chi connectivity index (χ1v) is 11.5. The zero-order chi connectivity index (χ0) is 25.6. The fraction of sp³-hybridized carbons (Fsp3) is 0.160. The van der Waals surface area contributed by atoms with E-state index in [1.54, 1.807) is 36.5 Å². The molecule has 5 rings (SSSR count). The first-order chi connectivity index (χ1) is 17.1. The smallest absolute Gasteiger partial charge is 0.416 e. The molecule has 0 unspecified atom stereocenters. The number of aromatic hydroxyl groups is 1. The summed E-state index contributed by atoms with van der Waals surface area (Å²) in [5, 5.41) is 11.0. The molecule has 0 saturated carbocycles. The Hall–Kier alpha value is -3.56. The molecule has 1 aliphatic heterocycles. The van der Waals surface area contributed by atoms with Gasteiger partial charge in [-0.1, -0.05) is 53.5 Å². The Kier molecular flexibility index (Phi) is 6.13. The van der Waals surface area contributed by atoms with Crippen LogP contribution in [0.15, 0.2) is 65.6 Å². The molecule has 0 aliphatic carbocycles. The van der Waals surface area contributed by atoms with Crippen LogP contribution in [0.5, 0.6) is 5.88 Å². The number of hydrogen-bond acceptors (Lipinski definition) is 5. The molecule has 3 heterocycles. The molecular formula is C25H17Cl2F3N4O2. The Labute approximate surface area is 213 Å². The zero-order valence-electron chi connectivity index (χ0n) is 18.4. The Morgan fingerprint density at radius 3 is 2.47 bits per heavy atom. The van der Waals surface area contributed by atoms with Crippen LogP contribution >= 0.6 is 23.2 Å². The van der Waals surface area contributed by atoms with Crippen molar-refractivity contribution in [2.24, 2.45) is 0 Å². The number of halogens is 5. The van der Waals surface area contributed by atoms with Gasteiger partial charge < -0.3 is 10.0 Å². The molecule has 0 bridgehead atoms. The standard InChI is InChI=1S/C25H17Cl2F3N4O2/c26-19-11-17(25(28,29)30)5-6-18(19)15-2-1-3-16(10-15)21-22(35)32-24-33(8-9-34(24)23(21)36)13-14-4-7-20(27)31-12-14/h1-7,10-12,35H,8-9,13H2. The second-order valence-corrected chi connectivity index (χ2v) is 9.05. The number of fused-ring (bicyclic) bond motifs is 1. The number of alkyl halides is 3. The van der Waals surface area contributed by atoms with Gasteiger partial charge in [-0.3, -0.25) is 9.36 Å². The monoisotopic (exact) mass is 532 g/mol. The number of hydrogen-bond donors (Lipinski definition) is 1. The Morgan fingerprint density at radius 1 is 1.00 bits per heavy atom. The first kappa shape index (κ1) is 24.1. The third-order valence-corrected chi connectivity index (χ3v) is 6.46. The molecule has 0 saturated heterocycles. The van der Waals surface area contributed by atoms with Crippen LogP contribution < -0.4 is 10.5 Å². The van der Waals surface area contributed by atoms with Gasteiger partial charge in [0, 0.05) is 36.4 Å². The van der Waals surface area contributed by atoms with Crippen LogP contribution in [0.3, 0.4) is 0 Å². The molecule has 1 aliphatic rings. The van der Waals surface area contributed by atoms with Crippen molar-refractivity contribution in [1.29, 1.82) is 0 Å². The highest BCUT2D eigenvalue weighted by Gasteiger charge is 2.31. The molecule has 0 atom stereocenters. The minimum Gasteiger partial charge on any atom is -0.493 e. The molecule has 1 N–H and O–H groups in total. The van der Waals surface area contributed by atoms with Gasteiger partial charge in [0.2, 0.25) is 11.8 Å². The van der Waals surface area contributed by atoms with Crippen molar-refractivity contribution < 1.29 is 18.3 Å². The summed E-state index contributed by atoms with van der Waals surface area (Å²) in [4.78, 5) is 23.6. The van der Waals surface area contributed by atoms with E-state index in [0.29, 0.717) is 47.4 Å². The second kappa shape index (κ2) is 9.15. The highest BCUT2D eigenvalue weighted by molar-refractivity contribution is 6.33. The van der Waals surface area contributed by atoms with E-state index >= 15 is 0 Å². The highest BCUT2D eigenvalue weighted by Crippen LogP contribution is 2.37. The van der Waals surface area contributed by atoms with Crippen LogP contribution in [0.25, 0.3) is 22.3 Å². The molecule has 6 nitrogen and oxygen atoms in total. The fourth-order valence-electron chi connectivity index (χ4n) is 4.19. The summed E-state index contributed by atoms with van der Waals surface area (Å²) in [6.07, 6.45) is -2.88. The largest absolute Gasteiger partial charge is 0.493 e. The van der Waals surface area contributed by atoms with Gasteiger partial charge in [0.05, 0.1) is 5.56 Å². The van der Waals surface area contributed by atoms with Crippen LogP contribution in [0.1, 0.15) is 11.1 Å². The molecule has 36 heavy (non-hydrogen) atoms. The molecule has 0 radical (unpaired) electrons. The number of anilines is 1. The summed E-state index contributed by atoms with van der Waals surface area (Å²) in [7, 11) is 0. The molecule has 11 heteroatoms. The van der Waals surface area contributed by atoms with E-state index in [1.165, 1.54) is 10.6 Å². The van der Waals surface area contributed by atoms with Crippen molar-refractivity contribution in [3.8, 4) is 28.1 Å². The second-order valence-electron chi connectivity index (χ2n) is 8.25. The highest BCUT2D eigenvalue weighted by atomic mass is 35.5. The summed E-state index contributed by atoms with van der Waals surface area (Å²) in [5.41, 5.74) is 0.810. The number of nitrogens with zero attached hydrogens (tertiary/aromatic N) is 4. The lowest BCUT2D eigenvalue weighted by Crippen LogP contribution is -2.23. The van der Waals surface area contributed by atoms with Crippen LogP contribution in [-0.2, 0) is 19.3 Å². The fourth-order valence-corrected chi connectivity index (χ4v) is 4.59. The topological polar surface area (TPSA) is 71.2 Å². The van der Waals surface area contributed by atoms with E-state index in [-0.39, 0.29) is 10.6 Å². The van der Waals surface area contributed by atoms with Crippen LogP contribution in [-0.4, -0.2) is 26.2 Å². The van der Waals surface area contributed by atoms with Gasteiger partial charge in [-0.25, -0.2) is 4.98 Å². The van der Waals surface area contributed by atoms with E-state index in [4.69, 9.17) is 23.2 Å². The lowest BCUT2D eigenvalue weighted by Gasteiger charge is -2.18. The number of aromatic nitrogens is 3. The third kappa shape index (κ3) is 4.52.